The fraction of sp³-hybridized carbons (Fsp3) is 0.706. The molecule has 3 heterocycles. The van der Waals surface area contributed by atoms with Crippen molar-refractivity contribution in [3.8, 4) is 0 Å². The molecule has 0 aliphatic carbocycles. The number of hydrogen-bond donors (Lipinski definition) is 0. The van der Waals surface area contributed by atoms with Gasteiger partial charge in [-0.25, -0.2) is 4.98 Å². The molecule has 0 bridgehead atoms. The van der Waals surface area contributed by atoms with Crippen molar-refractivity contribution in [3.05, 3.63) is 11.8 Å². The minimum atomic E-state index is 0.260. The molecular weight excluding hydrogens is 306 g/mol. The van der Waals surface area contributed by atoms with Gasteiger partial charge >= 0.3 is 0 Å². The Morgan fingerprint density at radius 3 is 2.46 bits per heavy atom. The molecule has 1 aromatic rings. The van der Waals surface area contributed by atoms with Crippen LogP contribution in [0.2, 0.25) is 0 Å². The maximum atomic E-state index is 12.0. The van der Waals surface area contributed by atoms with Crippen LogP contribution in [0, 0.1) is 6.92 Å². The quantitative estimate of drug-likeness (QED) is 0.821. The zero-order valence-corrected chi connectivity index (χ0v) is 14.7. The Morgan fingerprint density at radius 2 is 1.79 bits per heavy atom. The molecule has 0 saturated carbocycles. The number of morpholine rings is 1. The number of anilines is 2. The zero-order chi connectivity index (χ0) is 16.9. The first-order valence-electron chi connectivity index (χ1n) is 8.88. The standard InChI is InChI=1S/C17H27N5O2/c1-3-4-16(23)21-5-7-22(8-6-21)17-18-14(2)13-15(19-17)20-9-11-24-12-10-20/h13H,3-12H2,1-2H3. The molecule has 7 nitrogen and oxygen atoms in total. The van der Waals surface area contributed by atoms with Crippen molar-refractivity contribution in [2.45, 2.75) is 26.7 Å². The summed E-state index contributed by atoms with van der Waals surface area (Å²) in [6.45, 7) is 10.4. The maximum absolute atomic E-state index is 12.0. The summed E-state index contributed by atoms with van der Waals surface area (Å²) in [4.78, 5) is 27.8. The highest BCUT2D eigenvalue weighted by Gasteiger charge is 2.23. The lowest BCUT2D eigenvalue weighted by Gasteiger charge is -2.35. The van der Waals surface area contributed by atoms with E-state index in [0.29, 0.717) is 6.42 Å². The van der Waals surface area contributed by atoms with Crippen LogP contribution >= 0.6 is 0 Å². The second-order valence-corrected chi connectivity index (χ2v) is 6.38. The molecule has 7 heteroatoms. The van der Waals surface area contributed by atoms with Gasteiger partial charge in [-0.05, 0) is 13.3 Å². The Bertz CT molecular complexity index is 566. The summed E-state index contributed by atoms with van der Waals surface area (Å²) in [5, 5.41) is 0. The largest absolute Gasteiger partial charge is 0.378 e. The minimum absolute atomic E-state index is 0.260. The SMILES string of the molecule is CCCC(=O)N1CCN(c2nc(C)cc(N3CCOCC3)n2)CC1. The number of aryl methyl sites for hydroxylation is 1. The average Bonchev–Trinajstić information content (AvgIpc) is 2.62. The van der Waals surface area contributed by atoms with Crippen molar-refractivity contribution in [3.63, 3.8) is 0 Å². The Kier molecular flexibility index (Phi) is 5.50. The number of rotatable bonds is 4. The highest BCUT2D eigenvalue weighted by Crippen LogP contribution is 2.19. The number of carbonyl (C=O) groups is 1. The summed E-state index contributed by atoms with van der Waals surface area (Å²) in [6.07, 6.45) is 1.55. The van der Waals surface area contributed by atoms with Crippen LogP contribution in [0.4, 0.5) is 11.8 Å². The molecule has 2 fully saturated rings. The van der Waals surface area contributed by atoms with E-state index in [1.165, 1.54) is 0 Å². The van der Waals surface area contributed by atoms with Gasteiger partial charge in [0.1, 0.15) is 5.82 Å². The fourth-order valence-corrected chi connectivity index (χ4v) is 3.16. The maximum Gasteiger partial charge on any atom is 0.227 e. The number of ether oxygens (including phenoxy) is 1. The summed E-state index contributed by atoms with van der Waals surface area (Å²) in [6, 6.07) is 2.04. The van der Waals surface area contributed by atoms with E-state index in [1.54, 1.807) is 0 Å². The van der Waals surface area contributed by atoms with Crippen LogP contribution < -0.4 is 9.80 Å². The molecule has 0 radical (unpaired) electrons. The van der Waals surface area contributed by atoms with Gasteiger partial charge in [0.2, 0.25) is 11.9 Å². The smallest absolute Gasteiger partial charge is 0.227 e. The van der Waals surface area contributed by atoms with E-state index in [-0.39, 0.29) is 5.91 Å². The highest BCUT2D eigenvalue weighted by atomic mass is 16.5. The Morgan fingerprint density at radius 1 is 1.08 bits per heavy atom. The predicted molar refractivity (Wildman–Crippen MR) is 93.5 cm³/mol. The molecule has 0 unspecified atom stereocenters. The van der Waals surface area contributed by atoms with Crippen LogP contribution in [0.15, 0.2) is 6.07 Å². The molecule has 2 aliphatic rings. The second-order valence-electron chi connectivity index (χ2n) is 6.38. The molecule has 0 aromatic carbocycles. The van der Waals surface area contributed by atoms with Crippen molar-refractivity contribution in [2.24, 2.45) is 0 Å². The van der Waals surface area contributed by atoms with Gasteiger partial charge in [0, 0.05) is 57.4 Å². The molecule has 1 amide bonds. The van der Waals surface area contributed by atoms with Gasteiger partial charge < -0.3 is 19.4 Å². The molecule has 132 valence electrons. The summed E-state index contributed by atoms with van der Waals surface area (Å²) in [7, 11) is 0. The lowest BCUT2D eigenvalue weighted by Crippen LogP contribution is -2.49. The monoisotopic (exact) mass is 333 g/mol. The van der Waals surface area contributed by atoms with Crippen LogP contribution in [0.1, 0.15) is 25.5 Å². The van der Waals surface area contributed by atoms with E-state index < -0.39 is 0 Å². The molecule has 24 heavy (non-hydrogen) atoms. The van der Waals surface area contributed by atoms with Gasteiger partial charge in [-0.3, -0.25) is 4.79 Å². The third-order valence-corrected chi connectivity index (χ3v) is 4.54. The third kappa shape index (κ3) is 3.95. The number of hydrogen-bond acceptors (Lipinski definition) is 6. The molecule has 0 spiro atoms. The van der Waals surface area contributed by atoms with Gasteiger partial charge in [-0.15, -0.1) is 0 Å². The van der Waals surface area contributed by atoms with Gasteiger partial charge in [0.15, 0.2) is 0 Å². The molecule has 2 saturated heterocycles. The number of aromatic nitrogens is 2. The van der Waals surface area contributed by atoms with E-state index >= 15 is 0 Å². The minimum Gasteiger partial charge on any atom is -0.378 e. The average molecular weight is 333 g/mol. The van der Waals surface area contributed by atoms with E-state index in [0.717, 1.165) is 76.4 Å². The zero-order valence-electron chi connectivity index (χ0n) is 14.7. The Balaban J connectivity index is 1.67. The summed E-state index contributed by atoms with van der Waals surface area (Å²) in [5.74, 6) is 2.01. The predicted octanol–water partition coefficient (Wildman–Crippen LogP) is 1.07. The summed E-state index contributed by atoms with van der Waals surface area (Å²) < 4.78 is 5.42. The molecule has 0 N–H and O–H groups in total. The van der Waals surface area contributed by atoms with Crippen molar-refractivity contribution in [2.75, 3.05) is 62.3 Å². The van der Waals surface area contributed by atoms with Crippen LogP contribution in [0.3, 0.4) is 0 Å². The van der Waals surface area contributed by atoms with Crippen molar-refractivity contribution >= 4 is 17.7 Å². The van der Waals surface area contributed by atoms with Gasteiger partial charge in [-0.2, -0.15) is 4.98 Å². The number of amides is 1. The van der Waals surface area contributed by atoms with Crippen LogP contribution in [0.25, 0.3) is 0 Å². The Labute approximate surface area is 143 Å². The van der Waals surface area contributed by atoms with Crippen molar-refractivity contribution in [1.82, 2.24) is 14.9 Å². The van der Waals surface area contributed by atoms with E-state index in [4.69, 9.17) is 9.72 Å². The number of piperazine rings is 1. The normalized spacial score (nSPS) is 18.8. The second kappa shape index (κ2) is 7.79. The lowest BCUT2D eigenvalue weighted by molar-refractivity contribution is -0.131. The lowest BCUT2D eigenvalue weighted by atomic mass is 10.2. The first kappa shape index (κ1) is 17.0. The van der Waals surface area contributed by atoms with E-state index in [9.17, 15) is 4.79 Å². The van der Waals surface area contributed by atoms with Gasteiger partial charge in [0.05, 0.1) is 13.2 Å². The topological polar surface area (TPSA) is 61.8 Å². The van der Waals surface area contributed by atoms with Crippen molar-refractivity contribution < 1.29 is 9.53 Å². The van der Waals surface area contributed by atoms with Crippen LogP contribution in [-0.4, -0.2) is 73.3 Å². The molecule has 1 aromatic heterocycles. The number of nitrogens with zero attached hydrogens (tertiary/aromatic N) is 5. The van der Waals surface area contributed by atoms with E-state index in [2.05, 4.69) is 14.8 Å². The Hall–Kier alpha value is -1.89. The molecule has 3 rings (SSSR count). The molecule has 0 atom stereocenters. The molecule has 2 aliphatic heterocycles. The third-order valence-electron chi connectivity index (χ3n) is 4.54. The van der Waals surface area contributed by atoms with Gasteiger partial charge in [-0.1, -0.05) is 6.92 Å². The highest BCUT2D eigenvalue weighted by molar-refractivity contribution is 5.76. The number of carbonyl (C=O) groups excluding carboxylic acids is 1. The summed E-state index contributed by atoms with van der Waals surface area (Å²) >= 11 is 0. The van der Waals surface area contributed by atoms with Gasteiger partial charge in [0.25, 0.3) is 0 Å². The fourth-order valence-electron chi connectivity index (χ4n) is 3.16. The van der Waals surface area contributed by atoms with Crippen molar-refractivity contribution in [1.29, 1.82) is 0 Å². The molecular formula is C17H27N5O2. The van der Waals surface area contributed by atoms with Crippen LogP contribution in [0.5, 0.6) is 0 Å². The van der Waals surface area contributed by atoms with Crippen LogP contribution in [-0.2, 0) is 9.53 Å². The first-order valence-corrected chi connectivity index (χ1v) is 8.88. The summed E-state index contributed by atoms with van der Waals surface area (Å²) in [5.41, 5.74) is 0.978. The van der Waals surface area contributed by atoms with E-state index in [1.807, 2.05) is 24.8 Å². The first-order chi connectivity index (χ1) is 11.7.